The molecule has 3 rings (SSSR count). The van der Waals surface area contributed by atoms with Gasteiger partial charge in [0, 0.05) is 6.54 Å². The highest BCUT2D eigenvalue weighted by atomic mass is 16.6. The van der Waals surface area contributed by atoms with Gasteiger partial charge >= 0.3 is 6.09 Å². The summed E-state index contributed by atoms with van der Waals surface area (Å²) in [5.41, 5.74) is 2.05. The number of fused-ring (bicyclic) bond motifs is 1. The van der Waals surface area contributed by atoms with Crippen LogP contribution in [0.1, 0.15) is 11.9 Å². The average molecular weight is 231 g/mol. The number of amides is 1. The van der Waals surface area contributed by atoms with E-state index in [0.717, 1.165) is 16.9 Å². The van der Waals surface area contributed by atoms with E-state index < -0.39 is 0 Å². The predicted molar refractivity (Wildman–Crippen MR) is 62.9 cm³/mol. The molecule has 88 valence electrons. The number of aromatic nitrogens is 2. The smallest absolute Gasteiger partial charge is 0.407 e. The maximum atomic E-state index is 11.0. The Balaban J connectivity index is 2.04. The fourth-order valence-electron chi connectivity index (χ4n) is 2.27. The molecular weight excluding hydrogens is 218 g/mol. The molecule has 1 aliphatic rings. The van der Waals surface area contributed by atoms with Crippen LogP contribution in [0.3, 0.4) is 0 Å². The van der Waals surface area contributed by atoms with E-state index in [4.69, 9.17) is 4.74 Å². The van der Waals surface area contributed by atoms with E-state index in [1.165, 1.54) is 0 Å². The van der Waals surface area contributed by atoms with Gasteiger partial charge in [-0.05, 0) is 19.1 Å². The third-order valence-corrected chi connectivity index (χ3v) is 3.03. The summed E-state index contributed by atoms with van der Waals surface area (Å²) < 4.78 is 7.14. The predicted octanol–water partition coefficient (Wildman–Crippen LogP) is 1.63. The summed E-state index contributed by atoms with van der Waals surface area (Å²) in [4.78, 5) is 15.5. The van der Waals surface area contributed by atoms with Crippen LogP contribution in [0.4, 0.5) is 4.79 Å². The quantitative estimate of drug-likeness (QED) is 0.811. The lowest BCUT2D eigenvalue weighted by Crippen LogP contribution is -2.40. The Hall–Kier alpha value is -2.04. The molecule has 1 aromatic heterocycles. The summed E-state index contributed by atoms with van der Waals surface area (Å²) in [5.74, 6) is 0.941. The van der Waals surface area contributed by atoms with E-state index in [-0.39, 0.29) is 12.1 Å². The van der Waals surface area contributed by atoms with Crippen LogP contribution in [0, 0.1) is 6.92 Å². The van der Waals surface area contributed by atoms with Crippen molar-refractivity contribution in [2.75, 3.05) is 13.2 Å². The Morgan fingerprint density at radius 2 is 2.29 bits per heavy atom. The van der Waals surface area contributed by atoms with Gasteiger partial charge in [-0.25, -0.2) is 9.78 Å². The third kappa shape index (κ3) is 1.63. The lowest BCUT2D eigenvalue weighted by molar-refractivity contribution is 0.106. The Kier molecular flexibility index (Phi) is 2.24. The summed E-state index contributed by atoms with van der Waals surface area (Å²) in [7, 11) is 0. The summed E-state index contributed by atoms with van der Waals surface area (Å²) in [6.07, 6.45) is -0.344. The number of aryl methyl sites for hydroxylation is 1. The van der Waals surface area contributed by atoms with Crippen molar-refractivity contribution in [3.8, 4) is 0 Å². The first kappa shape index (κ1) is 10.1. The van der Waals surface area contributed by atoms with Crippen molar-refractivity contribution in [3.63, 3.8) is 0 Å². The molecule has 2 heterocycles. The fraction of sp³-hybridized carbons (Fsp3) is 0.333. The van der Waals surface area contributed by atoms with Gasteiger partial charge in [-0.15, -0.1) is 0 Å². The van der Waals surface area contributed by atoms with Crippen molar-refractivity contribution >= 4 is 17.1 Å². The van der Waals surface area contributed by atoms with Crippen molar-refractivity contribution < 1.29 is 9.53 Å². The molecule has 1 aliphatic heterocycles. The maximum Gasteiger partial charge on any atom is 0.407 e. The second-order valence-electron chi connectivity index (χ2n) is 4.15. The van der Waals surface area contributed by atoms with E-state index in [9.17, 15) is 4.79 Å². The van der Waals surface area contributed by atoms with E-state index in [2.05, 4.69) is 14.9 Å². The highest BCUT2D eigenvalue weighted by Crippen LogP contribution is 2.22. The fourth-order valence-corrected chi connectivity index (χ4v) is 2.27. The minimum Gasteiger partial charge on any atom is -0.447 e. The van der Waals surface area contributed by atoms with Gasteiger partial charge in [0.15, 0.2) is 0 Å². The van der Waals surface area contributed by atoms with Gasteiger partial charge in [0.05, 0.1) is 17.1 Å². The number of nitrogens with one attached hydrogen (secondary N) is 1. The van der Waals surface area contributed by atoms with E-state index in [0.29, 0.717) is 13.2 Å². The minimum absolute atomic E-state index is 0.111. The average Bonchev–Trinajstić information content (AvgIpc) is 2.66. The number of imidazole rings is 1. The maximum absolute atomic E-state index is 11.0. The first-order valence-corrected chi connectivity index (χ1v) is 5.60. The van der Waals surface area contributed by atoms with Gasteiger partial charge in [-0.3, -0.25) is 0 Å². The molecule has 1 aromatic carbocycles. The SMILES string of the molecule is Cc1nc2ccccc2n1C1CNC(=O)OC1. The number of hydrogen-bond acceptors (Lipinski definition) is 3. The van der Waals surface area contributed by atoms with Crippen LogP contribution in [0.5, 0.6) is 0 Å². The number of carbonyl (C=O) groups excluding carboxylic acids is 1. The standard InChI is InChI=1S/C12H13N3O2/c1-8-14-10-4-2-3-5-11(10)15(8)9-6-13-12(16)17-7-9/h2-5,9H,6-7H2,1H3,(H,13,16). The number of benzene rings is 1. The summed E-state index contributed by atoms with van der Waals surface area (Å²) in [6.45, 7) is 2.95. The second-order valence-corrected chi connectivity index (χ2v) is 4.15. The molecule has 0 spiro atoms. The molecule has 0 saturated carbocycles. The number of rotatable bonds is 1. The van der Waals surface area contributed by atoms with Crippen LogP contribution < -0.4 is 5.32 Å². The molecular formula is C12H13N3O2. The Morgan fingerprint density at radius 3 is 3.06 bits per heavy atom. The second kappa shape index (κ2) is 3.76. The normalized spacial score (nSPS) is 20.1. The van der Waals surface area contributed by atoms with Gasteiger partial charge in [0.25, 0.3) is 0 Å². The van der Waals surface area contributed by atoms with Crippen molar-refractivity contribution in [2.45, 2.75) is 13.0 Å². The van der Waals surface area contributed by atoms with Gasteiger partial charge in [-0.1, -0.05) is 12.1 Å². The van der Waals surface area contributed by atoms with E-state index >= 15 is 0 Å². The highest BCUT2D eigenvalue weighted by molar-refractivity contribution is 5.76. The number of nitrogens with zero attached hydrogens (tertiary/aromatic N) is 2. The number of alkyl carbamates (subject to hydrolysis) is 1. The van der Waals surface area contributed by atoms with Crippen LogP contribution in [-0.4, -0.2) is 28.8 Å². The minimum atomic E-state index is -0.344. The molecule has 1 N–H and O–H groups in total. The first-order chi connectivity index (χ1) is 8.25. The molecule has 2 aromatic rings. The molecule has 1 atom stereocenters. The molecule has 1 fully saturated rings. The molecule has 17 heavy (non-hydrogen) atoms. The van der Waals surface area contributed by atoms with Crippen molar-refractivity contribution in [2.24, 2.45) is 0 Å². The molecule has 0 bridgehead atoms. The van der Waals surface area contributed by atoms with Crippen LogP contribution in [0.2, 0.25) is 0 Å². The van der Waals surface area contributed by atoms with Gasteiger partial charge in [-0.2, -0.15) is 0 Å². The lowest BCUT2D eigenvalue weighted by atomic mass is 10.2. The Labute approximate surface area is 98.4 Å². The van der Waals surface area contributed by atoms with Crippen molar-refractivity contribution in [1.82, 2.24) is 14.9 Å². The Morgan fingerprint density at radius 1 is 1.47 bits per heavy atom. The third-order valence-electron chi connectivity index (χ3n) is 3.03. The van der Waals surface area contributed by atoms with Crippen LogP contribution in [0.15, 0.2) is 24.3 Å². The van der Waals surface area contributed by atoms with Gasteiger partial charge in [0.1, 0.15) is 12.4 Å². The summed E-state index contributed by atoms with van der Waals surface area (Å²) >= 11 is 0. The van der Waals surface area contributed by atoms with Crippen LogP contribution in [0.25, 0.3) is 11.0 Å². The van der Waals surface area contributed by atoms with Crippen molar-refractivity contribution in [1.29, 1.82) is 0 Å². The first-order valence-electron chi connectivity index (χ1n) is 5.60. The number of carbonyl (C=O) groups is 1. The molecule has 0 radical (unpaired) electrons. The number of para-hydroxylation sites is 2. The number of ether oxygens (including phenoxy) is 1. The lowest BCUT2D eigenvalue weighted by Gasteiger charge is -2.25. The van der Waals surface area contributed by atoms with Crippen molar-refractivity contribution in [3.05, 3.63) is 30.1 Å². The number of cyclic esters (lactones) is 1. The van der Waals surface area contributed by atoms with E-state index in [1.54, 1.807) is 0 Å². The topological polar surface area (TPSA) is 56.2 Å². The molecule has 1 amide bonds. The molecule has 5 nitrogen and oxygen atoms in total. The van der Waals surface area contributed by atoms with Gasteiger partial charge in [0.2, 0.25) is 0 Å². The Bertz CT molecular complexity index is 566. The highest BCUT2D eigenvalue weighted by Gasteiger charge is 2.23. The molecule has 1 unspecified atom stereocenters. The van der Waals surface area contributed by atoms with E-state index in [1.807, 2.05) is 31.2 Å². The molecule has 5 heteroatoms. The largest absolute Gasteiger partial charge is 0.447 e. The zero-order chi connectivity index (χ0) is 11.8. The van der Waals surface area contributed by atoms with Crippen LogP contribution in [-0.2, 0) is 4.74 Å². The number of hydrogen-bond donors (Lipinski definition) is 1. The van der Waals surface area contributed by atoms with Gasteiger partial charge < -0.3 is 14.6 Å². The van der Waals surface area contributed by atoms with Crippen LogP contribution >= 0.6 is 0 Å². The summed E-state index contributed by atoms with van der Waals surface area (Å²) in [5, 5.41) is 2.70. The zero-order valence-corrected chi connectivity index (χ0v) is 9.51. The zero-order valence-electron chi connectivity index (χ0n) is 9.51. The molecule has 1 saturated heterocycles. The molecule has 0 aliphatic carbocycles. The monoisotopic (exact) mass is 231 g/mol. The summed E-state index contributed by atoms with van der Waals surface area (Å²) in [6, 6.07) is 8.09.